The van der Waals surface area contributed by atoms with E-state index in [9.17, 15) is 9.18 Å². The Hall–Kier alpha value is -1.91. The molecule has 16 heavy (non-hydrogen) atoms. The van der Waals surface area contributed by atoms with Crippen LogP contribution in [0.25, 0.3) is 5.52 Å². The summed E-state index contributed by atoms with van der Waals surface area (Å²) in [6, 6.07) is 2.91. The first-order valence-electron chi connectivity index (χ1n) is 4.87. The summed E-state index contributed by atoms with van der Waals surface area (Å²) in [6.45, 7) is 1.74. The van der Waals surface area contributed by atoms with E-state index in [0.29, 0.717) is 5.82 Å². The van der Waals surface area contributed by atoms with Crippen molar-refractivity contribution in [2.24, 2.45) is 0 Å². The van der Waals surface area contributed by atoms with Crippen LogP contribution in [0.5, 0.6) is 0 Å². The standard InChI is InChI=1S/C11H12FN3O/c1-7-13-9(11(16)14(2)3)10-8(12)5-4-6-15(7)10/h4-6H,1-3H3. The highest BCUT2D eigenvalue weighted by Gasteiger charge is 2.19. The fourth-order valence-corrected chi connectivity index (χ4v) is 1.61. The summed E-state index contributed by atoms with van der Waals surface area (Å²) in [5.41, 5.74) is 0.388. The Labute approximate surface area is 92.3 Å². The van der Waals surface area contributed by atoms with E-state index in [-0.39, 0.29) is 17.1 Å². The first kappa shape index (κ1) is 10.6. The number of imidazole rings is 1. The molecule has 0 unspecified atom stereocenters. The molecule has 84 valence electrons. The van der Waals surface area contributed by atoms with Gasteiger partial charge in [-0.3, -0.25) is 4.79 Å². The molecule has 4 nitrogen and oxygen atoms in total. The molecule has 0 aromatic carbocycles. The normalized spacial score (nSPS) is 10.8. The minimum absolute atomic E-state index is 0.153. The maximum Gasteiger partial charge on any atom is 0.274 e. The van der Waals surface area contributed by atoms with E-state index in [4.69, 9.17) is 0 Å². The number of amides is 1. The van der Waals surface area contributed by atoms with Crippen LogP contribution in [0.15, 0.2) is 18.3 Å². The summed E-state index contributed by atoms with van der Waals surface area (Å²) in [5, 5.41) is 0. The highest BCUT2D eigenvalue weighted by Crippen LogP contribution is 2.17. The molecule has 0 fully saturated rings. The molecule has 2 rings (SSSR count). The second-order valence-corrected chi connectivity index (χ2v) is 3.78. The van der Waals surface area contributed by atoms with E-state index in [1.54, 1.807) is 37.7 Å². The van der Waals surface area contributed by atoms with Crippen molar-refractivity contribution in [3.8, 4) is 0 Å². The molecule has 0 radical (unpaired) electrons. The van der Waals surface area contributed by atoms with E-state index in [1.807, 2.05) is 0 Å². The van der Waals surface area contributed by atoms with Crippen molar-refractivity contribution in [2.75, 3.05) is 14.1 Å². The van der Waals surface area contributed by atoms with Crippen LogP contribution in [0.4, 0.5) is 4.39 Å². The smallest absolute Gasteiger partial charge is 0.274 e. The first-order chi connectivity index (χ1) is 7.52. The van der Waals surface area contributed by atoms with Crippen LogP contribution in [-0.2, 0) is 0 Å². The molecule has 5 heteroatoms. The Kier molecular flexibility index (Phi) is 2.38. The van der Waals surface area contributed by atoms with Gasteiger partial charge in [0.15, 0.2) is 5.69 Å². The number of carbonyl (C=O) groups is 1. The van der Waals surface area contributed by atoms with Crippen LogP contribution >= 0.6 is 0 Å². The summed E-state index contributed by atoms with van der Waals surface area (Å²) in [5.74, 6) is -0.135. The van der Waals surface area contributed by atoms with E-state index in [2.05, 4.69) is 4.98 Å². The number of rotatable bonds is 1. The number of pyridine rings is 1. The van der Waals surface area contributed by atoms with E-state index in [1.165, 1.54) is 11.0 Å². The van der Waals surface area contributed by atoms with Gasteiger partial charge in [-0.05, 0) is 19.1 Å². The van der Waals surface area contributed by atoms with Crippen LogP contribution in [0, 0.1) is 12.7 Å². The van der Waals surface area contributed by atoms with Gasteiger partial charge in [-0.1, -0.05) is 0 Å². The van der Waals surface area contributed by atoms with Crippen molar-refractivity contribution in [1.82, 2.24) is 14.3 Å². The van der Waals surface area contributed by atoms with Crippen molar-refractivity contribution in [3.63, 3.8) is 0 Å². The lowest BCUT2D eigenvalue weighted by Gasteiger charge is -2.07. The molecule has 0 saturated carbocycles. The molecule has 1 amide bonds. The molecular formula is C11H12FN3O. The Morgan fingerprint density at radius 2 is 2.19 bits per heavy atom. The molecule has 0 N–H and O–H groups in total. The van der Waals surface area contributed by atoms with Gasteiger partial charge in [0.05, 0.1) is 0 Å². The summed E-state index contributed by atoms with van der Waals surface area (Å²) >= 11 is 0. The minimum Gasteiger partial charge on any atom is -0.343 e. The molecule has 2 heterocycles. The summed E-state index contributed by atoms with van der Waals surface area (Å²) < 4.78 is 15.2. The SMILES string of the molecule is Cc1nc(C(=O)N(C)C)c2c(F)cccn12. The van der Waals surface area contributed by atoms with Gasteiger partial charge in [-0.25, -0.2) is 9.37 Å². The quantitative estimate of drug-likeness (QED) is 0.731. The van der Waals surface area contributed by atoms with Gasteiger partial charge in [0.1, 0.15) is 17.2 Å². The maximum atomic E-state index is 13.7. The topological polar surface area (TPSA) is 37.6 Å². The van der Waals surface area contributed by atoms with Gasteiger partial charge in [0, 0.05) is 20.3 Å². The minimum atomic E-state index is -0.437. The Morgan fingerprint density at radius 1 is 1.50 bits per heavy atom. The van der Waals surface area contributed by atoms with Crippen molar-refractivity contribution >= 4 is 11.4 Å². The van der Waals surface area contributed by atoms with Crippen molar-refractivity contribution < 1.29 is 9.18 Å². The van der Waals surface area contributed by atoms with E-state index in [0.717, 1.165) is 0 Å². The molecule has 2 aromatic heterocycles. The highest BCUT2D eigenvalue weighted by molar-refractivity contribution is 5.99. The lowest BCUT2D eigenvalue weighted by molar-refractivity contribution is 0.0824. The molecule has 2 aromatic rings. The zero-order valence-corrected chi connectivity index (χ0v) is 9.36. The lowest BCUT2D eigenvalue weighted by Crippen LogP contribution is -2.22. The average Bonchev–Trinajstić information content (AvgIpc) is 2.57. The van der Waals surface area contributed by atoms with Crippen LogP contribution in [0.1, 0.15) is 16.3 Å². The summed E-state index contributed by atoms with van der Waals surface area (Å²) in [6.07, 6.45) is 1.69. The largest absolute Gasteiger partial charge is 0.343 e. The van der Waals surface area contributed by atoms with Crippen molar-refractivity contribution in [2.45, 2.75) is 6.92 Å². The molecule has 0 aliphatic rings. The Morgan fingerprint density at radius 3 is 2.81 bits per heavy atom. The molecule has 0 bridgehead atoms. The van der Waals surface area contributed by atoms with Gasteiger partial charge in [0.25, 0.3) is 5.91 Å². The maximum absolute atomic E-state index is 13.7. The lowest BCUT2D eigenvalue weighted by atomic mass is 10.3. The highest BCUT2D eigenvalue weighted by atomic mass is 19.1. The summed E-state index contributed by atoms with van der Waals surface area (Å²) in [7, 11) is 3.23. The zero-order valence-electron chi connectivity index (χ0n) is 9.36. The second-order valence-electron chi connectivity index (χ2n) is 3.78. The van der Waals surface area contributed by atoms with Gasteiger partial charge >= 0.3 is 0 Å². The monoisotopic (exact) mass is 221 g/mol. The third kappa shape index (κ3) is 1.44. The number of nitrogens with zero attached hydrogens (tertiary/aromatic N) is 3. The third-order valence-corrected chi connectivity index (χ3v) is 2.40. The molecule has 0 aliphatic carbocycles. The molecule has 0 spiro atoms. The number of hydrogen-bond acceptors (Lipinski definition) is 2. The van der Waals surface area contributed by atoms with Gasteiger partial charge in [-0.15, -0.1) is 0 Å². The average molecular weight is 221 g/mol. The fourth-order valence-electron chi connectivity index (χ4n) is 1.61. The molecule has 0 atom stereocenters. The van der Waals surface area contributed by atoms with Crippen molar-refractivity contribution in [1.29, 1.82) is 0 Å². The van der Waals surface area contributed by atoms with Crippen LogP contribution in [-0.4, -0.2) is 34.3 Å². The molecule has 0 aliphatic heterocycles. The number of aromatic nitrogens is 2. The number of halogens is 1. The van der Waals surface area contributed by atoms with Crippen molar-refractivity contribution in [3.05, 3.63) is 35.7 Å². The first-order valence-corrected chi connectivity index (χ1v) is 4.87. The van der Waals surface area contributed by atoms with Gasteiger partial charge in [0.2, 0.25) is 0 Å². The molecule has 0 saturated heterocycles. The van der Waals surface area contributed by atoms with E-state index < -0.39 is 5.82 Å². The zero-order chi connectivity index (χ0) is 11.9. The predicted octanol–water partition coefficient (Wildman–Crippen LogP) is 1.48. The fraction of sp³-hybridized carbons (Fsp3) is 0.273. The van der Waals surface area contributed by atoms with Crippen LogP contribution in [0.3, 0.4) is 0 Å². The number of hydrogen-bond donors (Lipinski definition) is 0. The number of carbonyl (C=O) groups excluding carboxylic acids is 1. The second kappa shape index (κ2) is 3.59. The molecular weight excluding hydrogens is 209 g/mol. The Bertz CT molecular complexity index is 560. The van der Waals surface area contributed by atoms with E-state index >= 15 is 0 Å². The van der Waals surface area contributed by atoms with Gasteiger partial charge in [-0.2, -0.15) is 0 Å². The number of aryl methyl sites for hydroxylation is 1. The summed E-state index contributed by atoms with van der Waals surface area (Å²) in [4.78, 5) is 17.3. The third-order valence-electron chi connectivity index (χ3n) is 2.40. The Balaban J connectivity index is 2.76. The predicted molar refractivity (Wildman–Crippen MR) is 57.9 cm³/mol. The van der Waals surface area contributed by atoms with Crippen LogP contribution < -0.4 is 0 Å². The van der Waals surface area contributed by atoms with Crippen LogP contribution in [0.2, 0.25) is 0 Å². The van der Waals surface area contributed by atoms with Gasteiger partial charge < -0.3 is 9.30 Å². The number of fused-ring (bicyclic) bond motifs is 1.